The third kappa shape index (κ3) is 3.10. The van der Waals surface area contributed by atoms with Crippen molar-refractivity contribution in [2.45, 2.75) is 26.2 Å². The van der Waals surface area contributed by atoms with E-state index in [1.165, 1.54) is 0 Å². The smallest absolute Gasteiger partial charge is 0.321 e. The maximum atomic E-state index is 12.2. The number of anilines is 1. The first-order valence-corrected chi connectivity index (χ1v) is 6.85. The Morgan fingerprint density at radius 3 is 2.75 bits per heavy atom. The van der Waals surface area contributed by atoms with Crippen LogP contribution in [-0.4, -0.2) is 30.2 Å². The number of amides is 2. The van der Waals surface area contributed by atoms with Crippen molar-refractivity contribution in [3.63, 3.8) is 0 Å². The molecule has 0 saturated carbocycles. The summed E-state index contributed by atoms with van der Waals surface area (Å²) in [6, 6.07) is 7.36. The van der Waals surface area contributed by atoms with Crippen LogP contribution in [0.4, 0.5) is 10.5 Å². The third-order valence-electron chi connectivity index (χ3n) is 3.40. The lowest BCUT2D eigenvalue weighted by Crippen LogP contribution is -2.41. The summed E-state index contributed by atoms with van der Waals surface area (Å²) < 4.78 is 0. The lowest BCUT2D eigenvalue weighted by Gasteiger charge is -2.19. The summed E-state index contributed by atoms with van der Waals surface area (Å²) in [6.45, 7) is 5.10. The van der Waals surface area contributed by atoms with Crippen molar-refractivity contribution >= 4 is 17.7 Å². The fourth-order valence-corrected chi connectivity index (χ4v) is 2.46. The van der Waals surface area contributed by atoms with Crippen LogP contribution in [0.2, 0.25) is 0 Å². The van der Waals surface area contributed by atoms with E-state index in [4.69, 9.17) is 5.11 Å². The number of carbonyl (C=O) groups is 2. The van der Waals surface area contributed by atoms with Gasteiger partial charge in [-0.1, -0.05) is 32.0 Å². The first kappa shape index (κ1) is 14.4. The molecule has 1 atom stereocenters. The van der Waals surface area contributed by atoms with E-state index in [1.54, 1.807) is 4.90 Å². The van der Waals surface area contributed by atoms with E-state index in [1.807, 2.05) is 38.1 Å². The van der Waals surface area contributed by atoms with Gasteiger partial charge in [0.05, 0.1) is 6.42 Å². The molecule has 0 saturated heterocycles. The van der Waals surface area contributed by atoms with Gasteiger partial charge in [-0.2, -0.15) is 0 Å². The van der Waals surface area contributed by atoms with Crippen LogP contribution in [0, 0.1) is 5.92 Å². The van der Waals surface area contributed by atoms with Crippen molar-refractivity contribution in [3.8, 4) is 0 Å². The lowest BCUT2D eigenvalue weighted by molar-refractivity contribution is -0.137. The van der Waals surface area contributed by atoms with Crippen LogP contribution in [0.5, 0.6) is 0 Å². The van der Waals surface area contributed by atoms with E-state index in [-0.39, 0.29) is 18.4 Å². The summed E-state index contributed by atoms with van der Waals surface area (Å²) in [5, 5.41) is 11.9. The van der Waals surface area contributed by atoms with Crippen molar-refractivity contribution < 1.29 is 14.7 Å². The average Bonchev–Trinajstić information content (AvgIpc) is 2.74. The minimum atomic E-state index is -0.839. The van der Waals surface area contributed by atoms with Crippen LogP contribution in [0.25, 0.3) is 0 Å². The molecule has 2 N–H and O–H groups in total. The maximum Gasteiger partial charge on any atom is 0.321 e. The SMILES string of the molecule is CC(C)CNC(=O)N1CC(CC(=O)O)c2ccccc21. The van der Waals surface area contributed by atoms with Crippen molar-refractivity contribution in [1.29, 1.82) is 0 Å². The van der Waals surface area contributed by atoms with Gasteiger partial charge in [-0.25, -0.2) is 4.79 Å². The second-order valence-corrected chi connectivity index (χ2v) is 5.54. The van der Waals surface area contributed by atoms with Gasteiger partial charge in [0.25, 0.3) is 0 Å². The molecule has 0 aliphatic carbocycles. The molecule has 1 aliphatic rings. The second kappa shape index (κ2) is 5.94. The number of aliphatic carboxylic acids is 1. The minimum absolute atomic E-state index is 0.0466. The van der Waals surface area contributed by atoms with Gasteiger partial charge in [0, 0.05) is 24.7 Å². The number of urea groups is 1. The average molecular weight is 276 g/mol. The highest BCUT2D eigenvalue weighted by Crippen LogP contribution is 2.37. The summed E-state index contributed by atoms with van der Waals surface area (Å²) >= 11 is 0. The highest BCUT2D eigenvalue weighted by Gasteiger charge is 2.33. The van der Waals surface area contributed by atoms with Gasteiger partial charge in [-0.15, -0.1) is 0 Å². The molecule has 0 bridgehead atoms. The van der Waals surface area contributed by atoms with Gasteiger partial charge in [-0.05, 0) is 17.5 Å². The molecule has 108 valence electrons. The molecule has 0 spiro atoms. The van der Waals surface area contributed by atoms with Crippen LogP contribution >= 0.6 is 0 Å². The number of hydrogen-bond donors (Lipinski definition) is 2. The fourth-order valence-electron chi connectivity index (χ4n) is 2.46. The summed E-state index contributed by atoms with van der Waals surface area (Å²) in [5.74, 6) is -0.589. The van der Waals surface area contributed by atoms with Gasteiger partial charge in [0.2, 0.25) is 0 Å². The number of carboxylic acids is 1. The normalized spacial score (nSPS) is 17.1. The molecule has 1 aromatic rings. The summed E-state index contributed by atoms with van der Waals surface area (Å²) in [7, 11) is 0. The number of benzene rings is 1. The Balaban J connectivity index is 2.16. The molecular weight excluding hydrogens is 256 g/mol. The van der Waals surface area contributed by atoms with Crippen LogP contribution < -0.4 is 10.2 Å². The molecule has 2 rings (SSSR count). The number of nitrogens with one attached hydrogen (secondary N) is 1. The highest BCUT2D eigenvalue weighted by atomic mass is 16.4. The molecule has 0 aromatic heterocycles. The van der Waals surface area contributed by atoms with Crippen molar-refractivity contribution in [3.05, 3.63) is 29.8 Å². The van der Waals surface area contributed by atoms with Crippen molar-refractivity contribution in [2.24, 2.45) is 5.92 Å². The number of para-hydroxylation sites is 1. The largest absolute Gasteiger partial charge is 0.481 e. The molecule has 2 amide bonds. The molecule has 1 heterocycles. The Morgan fingerprint density at radius 1 is 1.40 bits per heavy atom. The quantitative estimate of drug-likeness (QED) is 0.887. The molecule has 20 heavy (non-hydrogen) atoms. The molecule has 0 fully saturated rings. The second-order valence-electron chi connectivity index (χ2n) is 5.54. The van der Waals surface area contributed by atoms with Crippen LogP contribution in [0.15, 0.2) is 24.3 Å². The van der Waals surface area contributed by atoms with E-state index < -0.39 is 5.97 Å². The topological polar surface area (TPSA) is 69.6 Å². The zero-order valence-corrected chi connectivity index (χ0v) is 11.8. The Labute approximate surface area is 118 Å². The van der Waals surface area contributed by atoms with Gasteiger partial charge in [-0.3, -0.25) is 9.69 Å². The van der Waals surface area contributed by atoms with Crippen LogP contribution in [0.3, 0.4) is 0 Å². The minimum Gasteiger partial charge on any atom is -0.481 e. The van der Waals surface area contributed by atoms with Crippen molar-refractivity contribution in [2.75, 3.05) is 18.0 Å². The van der Waals surface area contributed by atoms with Gasteiger partial charge >= 0.3 is 12.0 Å². The molecule has 1 unspecified atom stereocenters. The first-order chi connectivity index (χ1) is 9.49. The predicted octanol–water partition coefficient (Wildman–Crippen LogP) is 2.43. The molecule has 0 radical (unpaired) electrons. The summed E-state index contributed by atoms with van der Waals surface area (Å²) in [5.41, 5.74) is 1.76. The summed E-state index contributed by atoms with van der Waals surface area (Å²) in [6.07, 6.45) is 0.0466. The Kier molecular flexibility index (Phi) is 4.27. The van der Waals surface area contributed by atoms with Gasteiger partial charge < -0.3 is 10.4 Å². The molecule has 1 aromatic carbocycles. The Bertz CT molecular complexity index is 514. The zero-order chi connectivity index (χ0) is 14.7. The third-order valence-corrected chi connectivity index (χ3v) is 3.40. The molecular formula is C15H20N2O3. The van der Waals surface area contributed by atoms with E-state index in [0.717, 1.165) is 11.3 Å². The van der Waals surface area contributed by atoms with E-state index in [2.05, 4.69) is 5.32 Å². The number of carbonyl (C=O) groups excluding carboxylic acids is 1. The molecule has 5 nitrogen and oxygen atoms in total. The standard InChI is InChI=1S/C15H20N2O3/c1-10(2)8-16-15(20)17-9-11(7-14(18)19)12-5-3-4-6-13(12)17/h3-6,10-11H,7-9H2,1-2H3,(H,16,20)(H,18,19). The Hall–Kier alpha value is -2.04. The predicted molar refractivity (Wildman–Crippen MR) is 77.0 cm³/mol. The van der Waals surface area contributed by atoms with E-state index in [9.17, 15) is 9.59 Å². The highest BCUT2D eigenvalue weighted by molar-refractivity contribution is 5.95. The Morgan fingerprint density at radius 2 is 2.10 bits per heavy atom. The molecule has 5 heteroatoms. The number of carboxylic acid groups (broad SMARTS) is 1. The number of nitrogens with zero attached hydrogens (tertiary/aromatic N) is 1. The van der Waals surface area contributed by atoms with Crippen LogP contribution in [0.1, 0.15) is 31.7 Å². The van der Waals surface area contributed by atoms with Gasteiger partial charge in [0.1, 0.15) is 0 Å². The first-order valence-electron chi connectivity index (χ1n) is 6.85. The zero-order valence-electron chi connectivity index (χ0n) is 11.8. The number of rotatable bonds is 4. The lowest BCUT2D eigenvalue weighted by atomic mass is 9.98. The van der Waals surface area contributed by atoms with E-state index >= 15 is 0 Å². The van der Waals surface area contributed by atoms with Crippen molar-refractivity contribution in [1.82, 2.24) is 5.32 Å². The summed E-state index contributed by atoms with van der Waals surface area (Å²) in [4.78, 5) is 24.8. The fraction of sp³-hybridized carbons (Fsp3) is 0.467. The van der Waals surface area contributed by atoms with E-state index in [0.29, 0.717) is 19.0 Å². The van der Waals surface area contributed by atoms with Gasteiger partial charge in [0.15, 0.2) is 0 Å². The maximum absolute atomic E-state index is 12.2. The number of fused-ring (bicyclic) bond motifs is 1. The van der Waals surface area contributed by atoms with Crippen LogP contribution in [-0.2, 0) is 4.79 Å². The monoisotopic (exact) mass is 276 g/mol. The molecule has 1 aliphatic heterocycles. The number of hydrogen-bond acceptors (Lipinski definition) is 2.